The summed E-state index contributed by atoms with van der Waals surface area (Å²) in [6.07, 6.45) is 1.56. The lowest BCUT2D eigenvalue weighted by Crippen LogP contribution is -2.21. The van der Waals surface area contributed by atoms with Gasteiger partial charge < -0.3 is 14.2 Å². The highest BCUT2D eigenvalue weighted by Crippen LogP contribution is 2.37. The number of halogens is 1. The first-order chi connectivity index (χ1) is 22.1. The molecule has 236 valence electrons. The quantitative estimate of drug-likeness (QED) is 0.0785. The van der Waals surface area contributed by atoms with E-state index in [0.29, 0.717) is 50.4 Å². The number of rotatable bonds is 11. The fourth-order valence-electron chi connectivity index (χ4n) is 5.07. The van der Waals surface area contributed by atoms with E-state index >= 15 is 0 Å². The van der Waals surface area contributed by atoms with Crippen LogP contribution in [0.3, 0.4) is 0 Å². The van der Waals surface area contributed by atoms with Gasteiger partial charge in [0.2, 0.25) is 0 Å². The van der Waals surface area contributed by atoms with Crippen molar-refractivity contribution in [3.05, 3.63) is 120 Å². The Morgan fingerprint density at radius 1 is 1.04 bits per heavy atom. The topological polar surface area (TPSA) is 118 Å². The van der Waals surface area contributed by atoms with Crippen molar-refractivity contribution >= 4 is 38.7 Å². The van der Waals surface area contributed by atoms with Crippen LogP contribution in [0.2, 0.25) is 0 Å². The predicted octanol–water partition coefficient (Wildman–Crippen LogP) is 8.03. The number of methoxy groups -OCH3 is 1. The van der Waals surface area contributed by atoms with Gasteiger partial charge >= 0.3 is 0 Å². The molecule has 0 spiro atoms. The summed E-state index contributed by atoms with van der Waals surface area (Å²) in [4.78, 5) is 29.5. The van der Waals surface area contributed by atoms with E-state index in [4.69, 9.17) is 19.2 Å². The minimum atomic E-state index is -0.448. The smallest absolute Gasteiger partial charge is 0.282 e. The van der Waals surface area contributed by atoms with Gasteiger partial charge in [0.1, 0.15) is 12.4 Å². The first kappa shape index (κ1) is 32.4. The number of aromatic nitrogens is 2. The Morgan fingerprint density at radius 3 is 2.54 bits per heavy atom. The molecule has 0 saturated heterocycles. The van der Waals surface area contributed by atoms with Crippen molar-refractivity contribution in [2.24, 2.45) is 5.10 Å². The Morgan fingerprint density at radius 2 is 1.83 bits per heavy atom. The first-order valence-corrected chi connectivity index (χ1v) is 15.5. The van der Waals surface area contributed by atoms with Crippen molar-refractivity contribution in [2.75, 3.05) is 13.7 Å². The number of ether oxygens (including phenoxy) is 3. The lowest BCUT2D eigenvalue weighted by Gasteiger charge is -2.18. The molecule has 0 aliphatic heterocycles. The number of nitro groups is 1. The van der Waals surface area contributed by atoms with Gasteiger partial charge in [-0.1, -0.05) is 38.1 Å². The highest BCUT2D eigenvalue weighted by molar-refractivity contribution is 9.10. The standard InChI is InChI=1S/C35H33BrN4O6/c1-6-45-31-14-22(4)28(18-27(31)21(2)3)34-38-30-13-8-7-12-26(30)35(41)39(34)37-19-24-16-29(36)33(32(17-24)44-5)46-20-23-10-9-11-25(15-23)40(42)43/h7-19,21H,6,20H2,1-5H3. The van der Waals surface area contributed by atoms with Crippen molar-refractivity contribution in [1.29, 1.82) is 0 Å². The molecule has 0 unspecified atom stereocenters. The summed E-state index contributed by atoms with van der Waals surface area (Å²) in [5, 5.41) is 16.3. The van der Waals surface area contributed by atoms with E-state index in [1.54, 1.807) is 42.6 Å². The van der Waals surface area contributed by atoms with Gasteiger partial charge in [-0.15, -0.1) is 0 Å². The van der Waals surface area contributed by atoms with Crippen LogP contribution in [0.1, 0.15) is 48.9 Å². The van der Waals surface area contributed by atoms with Crippen molar-refractivity contribution in [1.82, 2.24) is 9.66 Å². The number of aryl methyl sites for hydroxylation is 1. The second kappa shape index (κ2) is 13.9. The summed E-state index contributed by atoms with van der Waals surface area (Å²) in [5.41, 5.74) is 4.19. The molecule has 11 heteroatoms. The fourth-order valence-corrected chi connectivity index (χ4v) is 5.64. The Hall–Kier alpha value is -5.03. The van der Waals surface area contributed by atoms with E-state index in [2.05, 4.69) is 34.9 Å². The van der Waals surface area contributed by atoms with E-state index < -0.39 is 4.92 Å². The van der Waals surface area contributed by atoms with Crippen LogP contribution in [0.5, 0.6) is 17.2 Å². The molecule has 4 aromatic carbocycles. The van der Waals surface area contributed by atoms with Crippen molar-refractivity contribution in [3.8, 4) is 28.6 Å². The maximum Gasteiger partial charge on any atom is 0.282 e. The number of nitro benzene ring substituents is 1. The Balaban J connectivity index is 1.56. The van der Waals surface area contributed by atoms with Crippen LogP contribution in [0.15, 0.2) is 87.2 Å². The molecule has 46 heavy (non-hydrogen) atoms. The summed E-state index contributed by atoms with van der Waals surface area (Å²) < 4.78 is 19.4. The number of hydrogen-bond donors (Lipinski definition) is 0. The average molecular weight is 686 g/mol. The maximum atomic E-state index is 13.9. The summed E-state index contributed by atoms with van der Waals surface area (Å²) in [6, 6.07) is 21.0. The molecule has 0 radical (unpaired) electrons. The van der Waals surface area contributed by atoms with Gasteiger partial charge in [-0.3, -0.25) is 14.9 Å². The molecule has 0 aliphatic rings. The van der Waals surface area contributed by atoms with E-state index in [9.17, 15) is 14.9 Å². The SMILES string of the molecule is CCOc1cc(C)c(-c2nc3ccccc3c(=O)n2N=Cc2cc(Br)c(OCc3cccc([N+](=O)[O-])c3)c(OC)c2)cc1C(C)C. The van der Waals surface area contributed by atoms with Gasteiger partial charge in [-0.25, -0.2) is 4.98 Å². The van der Waals surface area contributed by atoms with Crippen LogP contribution in [0, 0.1) is 17.0 Å². The van der Waals surface area contributed by atoms with Crippen LogP contribution >= 0.6 is 15.9 Å². The zero-order valence-corrected chi connectivity index (χ0v) is 27.7. The summed E-state index contributed by atoms with van der Waals surface area (Å²) in [6.45, 7) is 8.74. The van der Waals surface area contributed by atoms with Gasteiger partial charge in [-0.05, 0) is 94.3 Å². The molecule has 0 amide bonds. The Kier molecular flexibility index (Phi) is 9.81. The number of fused-ring (bicyclic) bond motifs is 1. The zero-order chi connectivity index (χ0) is 33.0. The maximum absolute atomic E-state index is 13.9. The van der Waals surface area contributed by atoms with Gasteiger partial charge in [0.25, 0.3) is 11.2 Å². The third kappa shape index (κ3) is 6.79. The molecular weight excluding hydrogens is 652 g/mol. The largest absolute Gasteiger partial charge is 0.494 e. The molecule has 0 aliphatic carbocycles. The van der Waals surface area contributed by atoms with Gasteiger partial charge in [0.05, 0.1) is 40.2 Å². The molecule has 1 heterocycles. The van der Waals surface area contributed by atoms with Gasteiger partial charge in [0, 0.05) is 17.7 Å². The fraction of sp³-hybridized carbons (Fsp3) is 0.229. The summed E-state index contributed by atoms with van der Waals surface area (Å²) in [5.74, 6) is 2.22. The number of hydrogen-bond acceptors (Lipinski definition) is 8. The zero-order valence-electron chi connectivity index (χ0n) is 26.1. The van der Waals surface area contributed by atoms with Crippen molar-refractivity contribution < 1.29 is 19.1 Å². The van der Waals surface area contributed by atoms with E-state index in [1.165, 1.54) is 23.9 Å². The minimum absolute atomic E-state index is 0.0164. The number of benzene rings is 4. The lowest BCUT2D eigenvalue weighted by molar-refractivity contribution is -0.384. The number of non-ortho nitro benzene ring substituents is 1. The highest BCUT2D eigenvalue weighted by atomic mass is 79.9. The van der Waals surface area contributed by atoms with Gasteiger partial charge in [0.15, 0.2) is 17.3 Å². The molecular formula is C35H33BrN4O6. The third-order valence-electron chi connectivity index (χ3n) is 7.35. The van der Waals surface area contributed by atoms with Crippen LogP contribution < -0.4 is 19.8 Å². The first-order valence-electron chi connectivity index (χ1n) is 14.7. The third-order valence-corrected chi connectivity index (χ3v) is 7.94. The van der Waals surface area contributed by atoms with Gasteiger partial charge in [-0.2, -0.15) is 9.78 Å². The molecule has 0 N–H and O–H groups in total. The van der Waals surface area contributed by atoms with Crippen LogP contribution in [0.4, 0.5) is 5.69 Å². The molecule has 0 fully saturated rings. The minimum Gasteiger partial charge on any atom is -0.494 e. The Labute approximate surface area is 274 Å². The monoisotopic (exact) mass is 684 g/mol. The molecule has 10 nitrogen and oxygen atoms in total. The molecule has 1 aromatic heterocycles. The highest BCUT2D eigenvalue weighted by Gasteiger charge is 2.19. The lowest BCUT2D eigenvalue weighted by atomic mass is 9.96. The molecule has 5 rings (SSSR count). The molecule has 0 bridgehead atoms. The van der Waals surface area contributed by atoms with Crippen molar-refractivity contribution in [2.45, 2.75) is 40.2 Å². The summed E-state index contributed by atoms with van der Waals surface area (Å²) in [7, 11) is 1.51. The second-order valence-corrected chi connectivity index (χ2v) is 11.7. The average Bonchev–Trinajstić information content (AvgIpc) is 3.03. The van der Waals surface area contributed by atoms with Crippen LogP contribution in [-0.4, -0.2) is 34.5 Å². The van der Waals surface area contributed by atoms with Crippen LogP contribution in [-0.2, 0) is 6.61 Å². The second-order valence-electron chi connectivity index (χ2n) is 10.9. The Bertz CT molecular complexity index is 2020. The van der Waals surface area contributed by atoms with Crippen molar-refractivity contribution in [3.63, 3.8) is 0 Å². The molecule has 0 saturated carbocycles. The van der Waals surface area contributed by atoms with E-state index in [0.717, 1.165) is 22.4 Å². The molecule has 5 aromatic rings. The normalized spacial score (nSPS) is 11.4. The van der Waals surface area contributed by atoms with Crippen LogP contribution in [0.25, 0.3) is 22.3 Å². The number of para-hydroxylation sites is 1. The summed E-state index contributed by atoms with van der Waals surface area (Å²) >= 11 is 3.56. The number of nitrogens with zero attached hydrogens (tertiary/aromatic N) is 4. The van der Waals surface area contributed by atoms with E-state index in [-0.39, 0.29) is 23.8 Å². The predicted molar refractivity (Wildman–Crippen MR) is 183 cm³/mol. The van der Waals surface area contributed by atoms with E-state index in [1.807, 2.05) is 38.1 Å². The molecule has 0 atom stereocenters.